The summed E-state index contributed by atoms with van der Waals surface area (Å²) < 4.78 is 37.3. The molecule has 0 N–H and O–H groups in total. The van der Waals surface area contributed by atoms with E-state index >= 15 is 0 Å². The van der Waals surface area contributed by atoms with Gasteiger partial charge in [0, 0.05) is 12.6 Å². The summed E-state index contributed by atoms with van der Waals surface area (Å²) in [6.45, 7) is 2.17. The lowest BCUT2D eigenvalue weighted by molar-refractivity contribution is -0.141. The summed E-state index contributed by atoms with van der Waals surface area (Å²) in [4.78, 5) is 7.44. The predicted octanol–water partition coefficient (Wildman–Crippen LogP) is 4.79. The normalized spacial score (nSPS) is 11.8. The molecule has 0 radical (unpaired) electrons. The van der Waals surface area contributed by atoms with E-state index in [0.717, 1.165) is 25.3 Å². The molecule has 108 valence electrons. The molecule has 1 rings (SSSR count). The van der Waals surface area contributed by atoms with Gasteiger partial charge in [-0.05, 0) is 12.5 Å². The predicted molar refractivity (Wildman–Crippen MR) is 68.7 cm³/mol. The van der Waals surface area contributed by atoms with Crippen molar-refractivity contribution in [3.63, 3.8) is 0 Å². The maximum absolute atomic E-state index is 12.4. The van der Waals surface area contributed by atoms with Gasteiger partial charge in [0.1, 0.15) is 11.5 Å². The molecule has 0 aliphatic heterocycles. The first kappa shape index (κ1) is 15.9. The summed E-state index contributed by atoms with van der Waals surface area (Å²) in [7, 11) is 0. The van der Waals surface area contributed by atoms with Crippen molar-refractivity contribution < 1.29 is 13.2 Å². The molecule has 5 heteroatoms. The molecule has 0 unspecified atom stereocenters. The maximum Gasteiger partial charge on any atom is 0.433 e. The summed E-state index contributed by atoms with van der Waals surface area (Å²) in [6.07, 6.45) is 5.29. The van der Waals surface area contributed by atoms with Crippen molar-refractivity contribution in [3.8, 4) is 0 Å². The highest BCUT2D eigenvalue weighted by Crippen LogP contribution is 2.27. The van der Waals surface area contributed by atoms with Crippen molar-refractivity contribution in [3.05, 3.63) is 23.8 Å². The molecule has 1 aromatic rings. The van der Waals surface area contributed by atoms with E-state index in [9.17, 15) is 13.2 Å². The number of unbranched alkanes of at least 4 members (excludes halogenated alkanes) is 6. The van der Waals surface area contributed by atoms with Gasteiger partial charge in [-0.3, -0.25) is 0 Å². The van der Waals surface area contributed by atoms with Crippen LogP contribution >= 0.6 is 0 Å². The van der Waals surface area contributed by atoms with E-state index in [1.54, 1.807) is 0 Å². The van der Waals surface area contributed by atoms with Gasteiger partial charge in [-0.25, -0.2) is 9.97 Å². The Hall–Kier alpha value is -1.13. The zero-order valence-electron chi connectivity index (χ0n) is 11.3. The fraction of sp³-hybridized carbons (Fsp3) is 0.714. The smallest absolute Gasteiger partial charge is 0.241 e. The highest BCUT2D eigenvalue weighted by Gasteiger charge is 2.32. The third-order valence-electron chi connectivity index (χ3n) is 3.00. The molecule has 0 bridgehead atoms. The lowest BCUT2D eigenvalue weighted by atomic mass is 10.1. The van der Waals surface area contributed by atoms with Crippen LogP contribution in [0.15, 0.2) is 12.3 Å². The molecule has 0 aliphatic carbocycles. The van der Waals surface area contributed by atoms with E-state index in [2.05, 4.69) is 16.9 Å². The van der Waals surface area contributed by atoms with Crippen molar-refractivity contribution in [1.82, 2.24) is 9.97 Å². The molecule has 19 heavy (non-hydrogen) atoms. The molecule has 0 aliphatic rings. The largest absolute Gasteiger partial charge is 0.433 e. The summed E-state index contributed by atoms with van der Waals surface area (Å²) in [5.41, 5.74) is -0.847. The molecule has 0 spiro atoms. The van der Waals surface area contributed by atoms with Gasteiger partial charge >= 0.3 is 6.18 Å². The number of aromatic nitrogens is 2. The van der Waals surface area contributed by atoms with Crippen LogP contribution in [0.2, 0.25) is 0 Å². The first-order valence-corrected chi connectivity index (χ1v) is 6.93. The summed E-state index contributed by atoms with van der Waals surface area (Å²) in [5.74, 6) is 0.295. The molecular weight excluding hydrogens is 253 g/mol. The van der Waals surface area contributed by atoms with Crippen molar-refractivity contribution >= 4 is 0 Å². The van der Waals surface area contributed by atoms with Crippen LogP contribution < -0.4 is 0 Å². The minimum Gasteiger partial charge on any atom is -0.241 e. The minimum atomic E-state index is -4.38. The Morgan fingerprint density at radius 3 is 2.26 bits per heavy atom. The van der Waals surface area contributed by atoms with Crippen LogP contribution in [0.4, 0.5) is 13.2 Å². The van der Waals surface area contributed by atoms with Gasteiger partial charge in [-0.1, -0.05) is 45.4 Å². The zero-order valence-corrected chi connectivity index (χ0v) is 11.3. The van der Waals surface area contributed by atoms with Crippen molar-refractivity contribution in [2.45, 2.75) is 64.5 Å². The number of nitrogens with zero attached hydrogens (tertiary/aromatic N) is 2. The number of alkyl halides is 3. The summed E-state index contributed by atoms with van der Waals surface area (Å²) in [5, 5.41) is 0. The Kier molecular flexibility index (Phi) is 6.81. The first-order chi connectivity index (χ1) is 9.04. The van der Waals surface area contributed by atoms with E-state index in [0.29, 0.717) is 12.2 Å². The fourth-order valence-electron chi connectivity index (χ4n) is 1.92. The minimum absolute atomic E-state index is 0.295. The van der Waals surface area contributed by atoms with E-state index < -0.39 is 11.9 Å². The number of halogens is 3. The maximum atomic E-state index is 12.4. The van der Waals surface area contributed by atoms with Crippen LogP contribution in [0.5, 0.6) is 0 Å². The second-order valence-electron chi connectivity index (χ2n) is 4.73. The Labute approximate surface area is 112 Å². The molecule has 0 fully saturated rings. The second kappa shape index (κ2) is 8.12. The van der Waals surface area contributed by atoms with Crippen molar-refractivity contribution in [1.29, 1.82) is 0 Å². The quantitative estimate of drug-likeness (QED) is 0.637. The van der Waals surface area contributed by atoms with Gasteiger partial charge in [0.15, 0.2) is 0 Å². The SMILES string of the molecule is CCCCCCCCCc1nccc(C(F)(F)F)n1. The third-order valence-corrected chi connectivity index (χ3v) is 3.00. The van der Waals surface area contributed by atoms with Gasteiger partial charge in [0.2, 0.25) is 0 Å². The molecule has 1 heterocycles. The van der Waals surface area contributed by atoms with Gasteiger partial charge in [-0.2, -0.15) is 13.2 Å². The lowest BCUT2D eigenvalue weighted by Crippen LogP contribution is -2.10. The van der Waals surface area contributed by atoms with Gasteiger partial charge in [0.25, 0.3) is 0 Å². The average Bonchev–Trinajstić information content (AvgIpc) is 2.37. The van der Waals surface area contributed by atoms with Crippen LogP contribution in [-0.2, 0) is 12.6 Å². The van der Waals surface area contributed by atoms with Crippen LogP contribution in [0.1, 0.15) is 63.4 Å². The molecule has 0 saturated carbocycles. The van der Waals surface area contributed by atoms with Gasteiger partial charge in [0.05, 0.1) is 0 Å². The average molecular weight is 274 g/mol. The molecule has 0 atom stereocenters. The topological polar surface area (TPSA) is 25.8 Å². The van der Waals surface area contributed by atoms with Crippen LogP contribution in [-0.4, -0.2) is 9.97 Å². The van der Waals surface area contributed by atoms with Crippen molar-refractivity contribution in [2.24, 2.45) is 0 Å². The summed E-state index contributed by atoms with van der Waals surface area (Å²) >= 11 is 0. The van der Waals surface area contributed by atoms with Crippen LogP contribution in [0.3, 0.4) is 0 Å². The third kappa shape index (κ3) is 6.55. The second-order valence-corrected chi connectivity index (χ2v) is 4.73. The monoisotopic (exact) mass is 274 g/mol. The zero-order chi connectivity index (χ0) is 14.1. The fourth-order valence-corrected chi connectivity index (χ4v) is 1.92. The number of aryl methyl sites for hydroxylation is 1. The lowest BCUT2D eigenvalue weighted by Gasteiger charge is -2.06. The Morgan fingerprint density at radius 2 is 1.63 bits per heavy atom. The number of hydrogen-bond acceptors (Lipinski definition) is 2. The van der Waals surface area contributed by atoms with Crippen LogP contribution in [0.25, 0.3) is 0 Å². The van der Waals surface area contributed by atoms with Gasteiger partial charge < -0.3 is 0 Å². The molecule has 0 aromatic carbocycles. The Balaban J connectivity index is 2.26. The van der Waals surface area contributed by atoms with E-state index in [-0.39, 0.29) is 0 Å². The highest BCUT2D eigenvalue weighted by atomic mass is 19.4. The first-order valence-electron chi connectivity index (χ1n) is 6.93. The standard InChI is InChI=1S/C14H21F3N2/c1-2-3-4-5-6-7-8-9-13-18-11-10-12(19-13)14(15,16)17/h10-11H,2-9H2,1H3. The molecular formula is C14H21F3N2. The van der Waals surface area contributed by atoms with E-state index in [1.807, 2.05) is 0 Å². The van der Waals surface area contributed by atoms with E-state index in [4.69, 9.17) is 0 Å². The molecule has 2 nitrogen and oxygen atoms in total. The molecule has 0 amide bonds. The Morgan fingerprint density at radius 1 is 1.00 bits per heavy atom. The highest BCUT2D eigenvalue weighted by molar-refractivity contribution is 5.06. The van der Waals surface area contributed by atoms with Crippen molar-refractivity contribution in [2.75, 3.05) is 0 Å². The Bertz CT molecular complexity index is 364. The molecule has 0 saturated heterocycles. The number of rotatable bonds is 8. The van der Waals surface area contributed by atoms with Gasteiger partial charge in [-0.15, -0.1) is 0 Å². The molecule has 1 aromatic heterocycles. The van der Waals surface area contributed by atoms with Crippen LogP contribution in [0, 0.1) is 0 Å². The van der Waals surface area contributed by atoms with E-state index in [1.165, 1.54) is 31.9 Å². The summed E-state index contributed by atoms with van der Waals surface area (Å²) in [6, 6.07) is 0.911. The number of hydrogen-bond donors (Lipinski definition) is 0.